The average molecular weight is 783 g/mol. The number of rotatable bonds is 12. The molecule has 9 rings (SSSR count). The van der Waals surface area contributed by atoms with Crippen LogP contribution in [0.1, 0.15) is 33.4 Å². The first-order valence-corrected chi connectivity index (χ1v) is 20.4. The molecule has 3 heterocycles. The fourth-order valence-corrected chi connectivity index (χ4v) is 7.22. The molecule has 3 aromatic heterocycles. The van der Waals surface area contributed by atoms with Gasteiger partial charge in [0.25, 0.3) is 0 Å². The third kappa shape index (κ3) is 9.74. The number of hydrogen-bond acceptors (Lipinski definition) is 4. The summed E-state index contributed by atoms with van der Waals surface area (Å²) in [6, 6.07) is 64.7. The van der Waals surface area contributed by atoms with Crippen molar-refractivity contribution in [2.45, 2.75) is 0 Å². The Morgan fingerprint density at radius 2 is 0.393 bits per heavy atom. The van der Waals surface area contributed by atoms with E-state index in [1.165, 1.54) is 16.7 Å². The van der Waals surface area contributed by atoms with Crippen LogP contribution in [0.15, 0.2) is 219 Å². The molecule has 0 fully saturated rings. The van der Waals surface area contributed by atoms with Gasteiger partial charge in [-0.25, -0.2) is 0 Å². The molecular weight excluding hydrogens is 741 g/mol. The van der Waals surface area contributed by atoms with E-state index in [1.54, 1.807) is 0 Å². The molecule has 290 valence electrons. The molecule has 0 saturated carbocycles. The van der Waals surface area contributed by atoms with Crippen molar-refractivity contribution in [2.24, 2.45) is 0 Å². The molecule has 0 spiro atoms. The maximum absolute atomic E-state index is 4.11. The van der Waals surface area contributed by atoms with E-state index in [1.807, 2.05) is 73.6 Å². The lowest BCUT2D eigenvalue weighted by Crippen LogP contribution is -2.09. The van der Waals surface area contributed by atoms with E-state index in [2.05, 4.69) is 202 Å². The van der Waals surface area contributed by atoms with Crippen molar-refractivity contribution in [3.8, 4) is 33.4 Å². The molecule has 0 aliphatic rings. The highest BCUT2D eigenvalue weighted by atomic mass is 15.1. The normalized spacial score (nSPS) is 11.4. The first-order chi connectivity index (χ1) is 30.2. The lowest BCUT2D eigenvalue weighted by molar-refractivity contribution is 1.28. The van der Waals surface area contributed by atoms with E-state index in [0.29, 0.717) is 0 Å². The van der Waals surface area contributed by atoms with Gasteiger partial charge in [0.1, 0.15) is 0 Å². The van der Waals surface area contributed by atoms with Crippen LogP contribution in [0.25, 0.3) is 69.8 Å². The zero-order valence-corrected chi connectivity index (χ0v) is 33.5. The van der Waals surface area contributed by atoms with Gasteiger partial charge in [0.15, 0.2) is 0 Å². The molecule has 9 aromatic rings. The van der Waals surface area contributed by atoms with Crippen molar-refractivity contribution in [1.29, 1.82) is 0 Å². The van der Waals surface area contributed by atoms with Gasteiger partial charge in [-0.15, -0.1) is 0 Å². The molecular formula is C57H42N4. The van der Waals surface area contributed by atoms with Crippen LogP contribution in [-0.4, -0.2) is 15.0 Å². The fraction of sp³-hybridized carbons (Fsp3) is 0. The van der Waals surface area contributed by atoms with Gasteiger partial charge in [-0.3, -0.25) is 15.0 Å². The Balaban J connectivity index is 0.967. The smallest absolute Gasteiger partial charge is 0.0462 e. The summed E-state index contributed by atoms with van der Waals surface area (Å²) in [6.07, 6.45) is 23.6. The first-order valence-electron chi connectivity index (χ1n) is 20.4. The minimum absolute atomic E-state index is 1.08. The van der Waals surface area contributed by atoms with Crippen LogP contribution in [0.3, 0.4) is 0 Å². The molecule has 0 N–H and O–H groups in total. The second kappa shape index (κ2) is 18.6. The number of anilines is 3. The number of aromatic nitrogens is 3. The van der Waals surface area contributed by atoms with Crippen LogP contribution in [-0.2, 0) is 0 Å². The Morgan fingerprint density at radius 1 is 0.213 bits per heavy atom. The van der Waals surface area contributed by atoms with Gasteiger partial charge in [0.05, 0.1) is 0 Å². The Hall–Kier alpha value is -8.21. The topological polar surface area (TPSA) is 41.9 Å². The van der Waals surface area contributed by atoms with E-state index >= 15 is 0 Å². The van der Waals surface area contributed by atoms with Crippen molar-refractivity contribution in [1.82, 2.24) is 15.0 Å². The van der Waals surface area contributed by atoms with Gasteiger partial charge in [0, 0.05) is 54.2 Å². The summed E-state index contributed by atoms with van der Waals surface area (Å²) in [5, 5.41) is 0. The first kappa shape index (κ1) is 38.3. The van der Waals surface area contributed by atoms with Crippen LogP contribution >= 0.6 is 0 Å². The van der Waals surface area contributed by atoms with E-state index in [0.717, 1.165) is 67.1 Å². The number of nitrogens with zero attached hydrogens (tertiary/aromatic N) is 4. The zero-order valence-electron chi connectivity index (χ0n) is 33.5. The molecule has 0 aliphatic heterocycles. The minimum atomic E-state index is 1.08. The fourth-order valence-electron chi connectivity index (χ4n) is 7.22. The van der Waals surface area contributed by atoms with E-state index in [9.17, 15) is 0 Å². The van der Waals surface area contributed by atoms with Gasteiger partial charge in [-0.05, 0) is 140 Å². The largest absolute Gasteiger partial charge is 0.311 e. The highest BCUT2D eigenvalue weighted by Crippen LogP contribution is 2.38. The molecule has 0 bridgehead atoms. The maximum atomic E-state index is 4.11. The van der Waals surface area contributed by atoms with E-state index < -0.39 is 0 Å². The molecule has 4 heteroatoms. The Bertz CT molecular complexity index is 2540. The Morgan fingerprint density at radius 3 is 0.607 bits per heavy atom. The summed E-state index contributed by atoms with van der Waals surface area (Å²) in [7, 11) is 0. The highest BCUT2D eigenvalue weighted by Gasteiger charge is 2.14. The van der Waals surface area contributed by atoms with Crippen molar-refractivity contribution in [2.75, 3.05) is 4.90 Å². The summed E-state index contributed by atoms with van der Waals surface area (Å²) in [5.41, 5.74) is 17.1. The standard InChI is InChI=1S/C57H42N4/c1(4-46-31-37-58-38-32-46)43-7-13-49(14-8-43)52-19-25-55(26-20-52)61(56-27-21-53(22-28-56)50-15-9-44(10-16-50)2-5-47-33-39-59-40-34-47)57-29-23-54(24-30-57)51-17-11-45(12-18-51)3-6-48-35-41-60-42-36-48/h1-42H/b4-1+,5-2+,6-3+. The molecule has 0 radical (unpaired) electrons. The van der Waals surface area contributed by atoms with Crippen LogP contribution < -0.4 is 4.90 Å². The monoisotopic (exact) mass is 782 g/mol. The van der Waals surface area contributed by atoms with Crippen molar-refractivity contribution < 1.29 is 0 Å². The number of benzene rings is 6. The number of hydrogen-bond donors (Lipinski definition) is 0. The maximum Gasteiger partial charge on any atom is 0.0462 e. The van der Waals surface area contributed by atoms with Gasteiger partial charge in [-0.1, -0.05) is 146 Å². The summed E-state index contributed by atoms with van der Waals surface area (Å²) >= 11 is 0. The Kier molecular flexibility index (Phi) is 11.7. The average Bonchev–Trinajstić information content (AvgIpc) is 3.34. The van der Waals surface area contributed by atoms with Crippen LogP contribution in [0.5, 0.6) is 0 Å². The van der Waals surface area contributed by atoms with Gasteiger partial charge < -0.3 is 4.90 Å². The lowest BCUT2D eigenvalue weighted by atomic mass is 10.0. The molecule has 0 amide bonds. The summed E-state index contributed by atoms with van der Waals surface area (Å²) in [4.78, 5) is 14.7. The van der Waals surface area contributed by atoms with Crippen LogP contribution in [0.2, 0.25) is 0 Å². The quantitative estimate of drug-likeness (QED) is 0.124. The van der Waals surface area contributed by atoms with Crippen LogP contribution in [0, 0.1) is 0 Å². The predicted molar refractivity (Wildman–Crippen MR) is 257 cm³/mol. The second-order valence-corrected chi connectivity index (χ2v) is 14.7. The van der Waals surface area contributed by atoms with Crippen molar-refractivity contribution in [3.05, 3.63) is 253 Å². The SMILES string of the molecule is C(=C\c1ccc(-c2ccc(N(c3ccc(-c4ccc(/C=C/c5ccncc5)cc4)cc3)c3ccc(-c4ccc(/C=C/c5ccncc5)cc4)cc3)cc2)cc1)/c1ccncc1. The zero-order chi connectivity index (χ0) is 41.1. The summed E-state index contributed by atoms with van der Waals surface area (Å²) < 4.78 is 0. The van der Waals surface area contributed by atoms with E-state index in [4.69, 9.17) is 0 Å². The molecule has 0 aliphatic carbocycles. The molecule has 0 unspecified atom stereocenters. The molecule has 6 aromatic carbocycles. The number of pyridine rings is 3. The van der Waals surface area contributed by atoms with Gasteiger partial charge in [-0.2, -0.15) is 0 Å². The molecule has 61 heavy (non-hydrogen) atoms. The van der Waals surface area contributed by atoms with Gasteiger partial charge >= 0.3 is 0 Å². The molecule has 4 nitrogen and oxygen atoms in total. The molecule has 0 saturated heterocycles. The second-order valence-electron chi connectivity index (χ2n) is 14.7. The van der Waals surface area contributed by atoms with E-state index in [-0.39, 0.29) is 0 Å². The molecule has 0 atom stereocenters. The predicted octanol–water partition coefficient (Wildman–Crippen LogP) is 14.9. The lowest BCUT2D eigenvalue weighted by Gasteiger charge is -2.26. The third-order valence-electron chi connectivity index (χ3n) is 10.6. The van der Waals surface area contributed by atoms with Crippen molar-refractivity contribution >= 4 is 53.5 Å². The highest BCUT2D eigenvalue weighted by molar-refractivity contribution is 5.82. The van der Waals surface area contributed by atoms with Gasteiger partial charge in [0.2, 0.25) is 0 Å². The Labute approximate surface area is 357 Å². The summed E-state index contributed by atoms with van der Waals surface area (Å²) in [5.74, 6) is 0. The minimum Gasteiger partial charge on any atom is -0.311 e. The van der Waals surface area contributed by atoms with Crippen LogP contribution in [0.4, 0.5) is 17.1 Å². The summed E-state index contributed by atoms with van der Waals surface area (Å²) in [6.45, 7) is 0. The third-order valence-corrected chi connectivity index (χ3v) is 10.6. The van der Waals surface area contributed by atoms with Crippen molar-refractivity contribution in [3.63, 3.8) is 0 Å².